The van der Waals surface area contributed by atoms with Gasteiger partial charge in [0.2, 0.25) is 0 Å². The van der Waals surface area contributed by atoms with E-state index in [2.05, 4.69) is 25.8 Å². The van der Waals surface area contributed by atoms with Gasteiger partial charge >= 0.3 is 0 Å². The second-order valence-corrected chi connectivity index (χ2v) is 4.82. The zero-order chi connectivity index (χ0) is 13.9. The van der Waals surface area contributed by atoms with Crippen LogP contribution in [-0.2, 0) is 4.74 Å². The smallest absolute Gasteiger partial charge is 0.183 e. The maximum atomic E-state index is 7.43. The first-order valence-electron chi connectivity index (χ1n) is 6.54. The van der Waals surface area contributed by atoms with Crippen molar-refractivity contribution in [1.82, 2.24) is 0 Å². The van der Waals surface area contributed by atoms with E-state index in [9.17, 15) is 0 Å². The Morgan fingerprint density at radius 3 is 2.33 bits per heavy atom. The number of rotatable bonds is 5. The number of aliphatic imine (C=N–C) groups is 1. The van der Waals surface area contributed by atoms with Crippen molar-refractivity contribution < 1.29 is 9.22 Å². The van der Waals surface area contributed by atoms with E-state index in [1.165, 1.54) is 42.6 Å². The quantitative estimate of drug-likeness (QED) is 0.326. The first kappa shape index (κ1) is 16.8. The van der Waals surface area contributed by atoms with Gasteiger partial charge in [-0.25, -0.2) is 0 Å². The van der Waals surface area contributed by atoms with Gasteiger partial charge in [0.25, 0.3) is 0 Å². The third kappa shape index (κ3) is 5.92. The zero-order valence-electron chi connectivity index (χ0n) is 11.7. The van der Waals surface area contributed by atoms with Crippen LogP contribution in [0.25, 0.3) is 5.41 Å². The van der Waals surface area contributed by atoms with Crippen molar-refractivity contribution >= 4 is 6.01 Å². The molecule has 0 aromatic heterocycles. The van der Waals surface area contributed by atoms with Gasteiger partial charge in [-0.1, -0.05) is 6.92 Å². The van der Waals surface area contributed by atoms with Crippen LogP contribution in [0.3, 0.4) is 0 Å². The van der Waals surface area contributed by atoms with E-state index in [1.807, 2.05) is 0 Å². The molecule has 0 saturated carbocycles. The lowest BCUT2D eigenvalue weighted by Gasteiger charge is -2.37. The highest BCUT2D eigenvalue weighted by Crippen LogP contribution is 2.23. The fourth-order valence-corrected chi connectivity index (χ4v) is 2.17. The Kier molecular flexibility index (Phi) is 9.13. The van der Waals surface area contributed by atoms with Gasteiger partial charge in [-0.15, -0.1) is 6.01 Å². The van der Waals surface area contributed by atoms with Crippen molar-refractivity contribution in [1.29, 1.82) is 5.26 Å². The maximum absolute atomic E-state index is 7.43. The number of hydrogen-bond acceptors (Lipinski definition) is 3. The first-order valence-corrected chi connectivity index (χ1v) is 6.54. The lowest BCUT2D eigenvalue weighted by Crippen LogP contribution is -2.52. The minimum absolute atomic E-state index is 0.722. The van der Waals surface area contributed by atoms with Gasteiger partial charge < -0.3 is 15.1 Å². The largest absolute Gasteiger partial charge is 0.422 e. The van der Waals surface area contributed by atoms with E-state index in [1.54, 1.807) is 0 Å². The monoisotopic (exact) mass is 252 g/mol. The number of nitriles is 1. The van der Waals surface area contributed by atoms with Gasteiger partial charge in [-0.3, -0.25) is 4.48 Å². The zero-order valence-corrected chi connectivity index (χ0v) is 11.7. The molecule has 0 aromatic carbocycles. The average Bonchev–Trinajstić information content (AvgIpc) is 2.81. The highest BCUT2D eigenvalue weighted by molar-refractivity contribution is 5.46. The van der Waals surface area contributed by atoms with Crippen LogP contribution in [0.15, 0.2) is 4.99 Å². The number of likely N-dealkylation sites (tertiary alicyclic amines) is 1. The van der Waals surface area contributed by atoms with Crippen LogP contribution in [-0.4, -0.2) is 43.0 Å². The first-order chi connectivity index (χ1) is 8.63. The lowest BCUT2D eigenvalue weighted by molar-refractivity contribution is -0.954. The van der Waals surface area contributed by atoms with Crippen molar-refractivity contribution in [2.24, 2.45) is 4.99 Å². The molecule has 0 spiro atoms. The minimum atomic E-state index is 0.722. The molecule has 1 aliphatic heterocycles. The summed E-state index contributed by atoms with van der Waals surface area (Å²) in [5, 5.41) is 14.9. The molecule has 18 heavy (non-hydrogen) atoms. The molecule has 1 saturated heterocycles. The highest BCUT2D eigenvalue weighted by Gasteiger charge is 2.34. The molecule has 1 heterocycles. The molecule has 0 amide bonds. The molecule has 0 unspecified atom stereocenters. The van der Waals surface area contributed by atoms with Crippen LogP contribution in [0.4, 0.5) is 0 Å². The molecule has 0 aliphatic carbocycles. The summed E-state index contributed by atoms with van der Waals surface area (Å²) in [6.07, 6.45) is 5.18. The number of ether oxygens (including phenoxy) is 1. The summed E-state index contributed by atoms with van der Waals surface area (Å²) in [7, 11) is 0. The summed E-state index contributed by atoms with van der Waals surface area (Å²) in [6.45, 7) is 11.3. The van der Waals surface area contributed by atoms with Crippen LogP contribution in [0.5, 0.6) is 0 Å². The molecule has 1 aliphatic rings. The fourth-order valence-electron chi connectivity index (χ4n) is 2.17. The van der Waals surface area contributed by atoms with Gasteiger partial charge in [0, 0.05) is 12.8 Å². The fraction of sp³-hybridized carbons (Fsp3) is 0.846. The number of nitrogens with zero attached hydrogens (tertiary/aromatic N) is 4. The summed E-state index contributed by atoms with van der Waals surface area (Å²) in [4.78, 5) is 2.58. The Hall–Kier alpha value is -1.21. The Labute approximate surface area is 110 Å². The second kappa shape index (κ2) is 9.78. The van der Waals surface area contributed by atoms with Gasteiger partial charge in [-0.05, 0) is 20.3 Å². The molecule has 0 atom stereocenters. The Bertz CT molecular complexity index is 297. The molecule has 5 heteroatoms. The van der Waals surface area contributed by atoms with Crippen LogP contribution in [0.1, 0.15) is 40.0 Å². The van der Waals surface area contributed by atoms with Crippen molar-refractivity contribution in [2.45, 2.75) is 46.1 Å². The standard InChI is InChI=1S/C11H24NO.C2N3/c1-4-9-13-10-12(11(2)3)7-5-6-8-12;3-1-5-2-4/h11H,4-10H2,1-3H3;/q+1;-1. The Morgan fingerprint density at radius 2 is 2.00 bits per heavy atom. The predicted molar refractivity (Wildman–Crippen MR) is 71.9 cm³/mol. The molecule has 1 fully saturated rings. The number of quaternary nitrogens is 1. The minimum Gasteiger partial charge on any atom is -0.422 e. The Morgan fingerprint density at radius 1 is 1.39 bits per heavy atom. The topological polar surface area (TPSA) is 67.7 Å². The van der Waals surface area contributed by atoms with Crippen molar-refractivity contribution in [3.05, 3.63) is 5.41 Å². The molecule has 0 radical (unpaired) electrons. The van der Waals surface area contributed by atoms with Crippen LogP contribution in [0.2, 0.25) is 0 Å². The lowest BCUT2D eigenvalue weighted by atomic mass is 10.3. The van der Waals surface area contributed by atoms with Crippen LogP contribution < -0.4 is 0 Å². The van der Waals surface area contributed by atoms with E-state index in [0.717, 1.165) is 25.8 Å². The molecule has 102 valence electrons. The SMILES string of the molecule is CCCOC[N+]1(C(C)C)CCCC1.N#CN=C=[N-]. The summed E-state index contributed by atoms with van der Waals surface area (Å²) in [5.74, 6) is 0. The molecule has 0 N–H and O–H groups in total. The average molecular weight is 252 g/mol. The van der Waals surface area contributed by atoms with Crippen LogP contribution >= 0.6 is 0 Å². The van der Waals surface area contributed by atoms with Crippen molar-refractivity contribution in [3.63, 3.8) is 0 Å². The third-order valence-electron chi connectivity index (χ3n) is 3.35. The van der Waals surface area contributed by atoms with E-state index in [0.29, 0.717) is 0 Å². The molecule has 0 aromatic rings. The highest BCUT2D eigenvalue weighted by atomic mass is 16.5. The Balaban J connectivity index is 0.000000494. The van der Waals surface area contributed by atoms with Gasteiger partial charge in [0.1, 0.15) is 0 Å². The third-order valence-corrected chi connectivity index (χ3v) is 3.35. The van der Waals surface area contributed by atoms with Gasteiger partial charge in [0.05, 0.1) is 31.9 Å². The molecular weight excluding hydrogens is 228 g/mol. The van der Waals surface area contributed by atoms with E-state index >= 15 is 0 Å². The van der Waals surface area contributed by atoms with Gasteiger partial charge in [-0.2, -0.15) is 5.26 Å². The summed E-state index contributed by atoms with van der Waals surface area (Å²) in [6, 6.07) is 2.00. The molecule has 5 nitrogen and oxygen atoms in total. The molecule has 1 rings (SSSR count). The van der Waals surface area contributed by atoms with Crippen LogP contribution in [0, 0.1) is 11.5 Å². The summed E-state index contributed by atoms with van der Waals surface area (Å²) < 4.78 is 6.90. The number of hydrogen-bond donors (Lipinski definition) is 0. The molecular formula is C13H24N4O. The van der Waals surface area contributed by atoms with Crippen molar-refractivity contribution in [3.8, 4) is 6.19 Å². The van der Waals surface area contributed by atoms with Crippen molar-refractivity contribution in [2.75, 3.05) is 26.4 Å². The summed E-state index contributed by atoms with van der Waals surface area (Å²) >= 11 is 0. The second-order valence-electron chi connectivity index (χ2n) is 4.82. The van der Waals surface area contributed by atoms with E-state index in [-0.39, 0.29) is 0 Å². The molecule has 0 bridgehead atoms. The summed E-state index contributed by atoms with van der Waals surface area (Å²) in [5.41, 5.74) is 0. The normalized spacial score (nSPS) is 16.4. The van der Waals surface area contributed by atoms with Gasteiger partial charge in [0.15, 0.2) is 6.73 Å². The predicted octanol–water partition coefficient (Wildman–Crippen LogP) is 2.60. The van der Waals surface area contributed by atoms with E-state index in [4.69, 9.17) is 15.4 Å². The maximum Gasteiger partial charge on any atom is 0.183 e. The van der Waals surface area contributed by atoms with E-state index < -0.39 is 0 Å².